The number of amides is 3. The molecule has 1 atom stereocenters. The van der Waals surface area contributed by atoms with Crippen LogP contribution in [0.2, 0.25) is 0 Å². The molecule has 1 saturated heterocycles. The summed E-state index contributed by atoms with van der Waals surface area (Å²) in [6.45, 7) is 1.73. The zero-order chi connectivity index (χ0) is 13.2. The van der Waals surface area contributed by atoms with E-state index in [1.165, 1.54) is 0 Å². The lowest BCUT2D eigenvalue weighted by atomic mass is 10.0. The Labute approximate surface area is 104 Å². The van der Waals surface area contributed by atoms with Gasteiger partial charge in [-0.25, -0.2) is 4.79 Å². The first-order chi connectivity index (χ1) is 8.57. The first kappa shape index (κ1) is 12.1. The average molecular weight is 244 g/mol. The van der Waals surface area contributed by atoms with Crippen molar-refractivity contribution in [2.75, 3.05) is 6.54 Å². The normalized spacial score (nSPS) is 21.9. The van der Waals surface area contributed by atoms with Crippen LogP contribution in [0.25, 0.3) is 0 Å². The van der Waals surface area contributed by atoms with Gasteiger partial charge in [0.25, 0.3) is 5.91 Å². The van der Waals surface area contributed by atoms with Crippen molar-refractivity contribution in [2.45, 2.75) is 12.5 Å². The maximum atomic E-state index is 11.7. The van der Waals surface area contributed by atoms with Crippen molar-refractivity contribution >= 4 is 11.9 Å². The Hall–Kier alpha value is -2.39. The van der Waals surface area contributed by atoms with Gasteiger partial charge in [-0.1, -0.05) is 11.8 Å². The molecule has 0 radical (unpaired) electrons. The van der Waals surface area contributed by atoms with Gasteiger partial charge in [-0.2, -0.15) is 0 Å². The summed E-state index contributed by atoms with van der Waals surface area (Å²) in [5, 5.41) is 4.56. The van der Waals surface area contributed by atoms with Crippen molar-refractivity contribution in [3.8, 4) is 11.8 Å². The third-order valence-corrected chi connectivity index (χ3v) is 2.67. The quantitative estimate of drug-likeness (QED) is 0.448. The Kier molecular flexibility index (Phi) is 3.00. The van der Waals surface area contributed by atoms with E-state index in [0.717, 1.165) is 5.69 Å². The number of aromatic nitrogens is 1. The van der Waals surface area contributed by atoms with Gasteiger partial charge in [0.1, 0.15) is 0 Å². The number of pyridine rings is 1. The SMILES string of the molecule is Cc1ncccc1C#CC1(CN)NC(=O)NC1=O. The van der Waals surface area contributed by atoms with Crippen molar-refractivity contribution in [3.05, 3.63) is 29.6 Å². The fourth-order valence-electron chi connectivity index (χ4n) is 1.56. The van der Waals surface area contributed by atoms with Crippen LogP contribution in [0.4, 0.5) is 4.79 Å². The van der Waals surface area contributed by atoms with Gasteiger partial charge in [0.05, 0.1) is 5.69 Å². The molecule has 1 aromatic heterocycles. The highest BCUT2D eigenvalue weighted by Crippen LogP contribution is 2.09. The second-order valence-corrected chi connectivity index (χ2v) is 3.90. The van der Waals surface area contributed by atoms with Crippen LogP contribution in [0.15, 0.2) is 18.3 Å². The molecule has 18 heavy (non-hydrogen) atoms. The highest BCUT2D eigenvalue weighted by molar-refractivity contribution is 6.09. The van der Waals surface area contributed by atoms with Crippen LogP contribution in [0.1, 0.15) is 11.3 Å². The topological polar surface area (TPSA) is 97.1 Å². The molecule has 3 amide bonds. The van der Waals surface area contributed by atoms with Crippen molar-refractivity contribution in [3.63, 3.8) is 0 Å². The van der Waals surface area contributed by atoms with E-state index in [0.29, 0.717) is 5.56 Å². The van der Waals surface area contributed by atoms with Crippen LogP contribution in [0.3, 0.4) is 0 Å². The summed E-state index contributed by atoms with van der Waals surface area (Å²) in [7, 11) is 0. The number of nitrogens with zero attached hydrogens (tertiary/aromatic N) is 1. The molecule has 0 bridgehead atoms. The lowest BCUT2D eigenvalue weighted by Gasteiger charge is -2.16. The number of nitrogens with one attached hydrogen (secondary N) is 2. The zero-order valence-corrected chi connectivity index (χ0v) is 9.78. The second-order valence-electron chi connectivity index (χ2n) is 3.90. The maximum absolute atomic E-state index is 11.7. The summed E-state index contributed by atoms with van der Waals surface area (Å²) < 4.78 is 0. The minimum Gasteiger partial charge on any atom is -0.327 e. The molecular weight excluding hydrogens is 232 g/mol. The lowest BCUT2D eigenvalue weighted by molar-refractivity contribution is -0.121. The zero-order valence-electron chi connectivity index (χ0n) is 9.78. The van der Waals surface area contributed by atoms with Crippen LogP contribution in [0.5, 0.6) is 0 Å². The molecule has 1 unspecified atom stereocenters. The maximum Gasteiger partial charge on any atom is 0.323 e. The Bertz CT molecular complexity index is 573. The van der Waals surface area contributed by atoms with E-state index >= 15 is 0 Å². The van der Waals surface area contributed by atoms with Gasteiger partial charge in [-0.05, 0) is 19.1 Å². The number of carbonyl (C=O) groups is 2. The number of rotatable bonds is 1. The van der Waals surface area contributed by atoms with E-state index in [1.54, 1.807) is 18.3 Å². The Balaban J connectivity index is 2.36. The van der Waals surface area contributed by atoms with Crippen LogP contribution in [-0.2, 0) is 4.79 Å². The molecule has 1 aliphatic rings. The number of aryl methyl sites for hydroxylation is 1. The molecular formula is C12H12N4O2. The number of nitrogens with two attached hydrogens (primary N) is 1. The molecule has 0 aliphatic carbocycles. The van der Waals surface area contributed by atoms with Gasteiger partial charge in [0, 0.05) is 18.3 Å². The Morgan fingerprint density at radius 1 is 1.50 bits per heavy atom. The van der Waals surface area contributed by atoms with Gasteiger partial charge < -0.3 is 11.1 Å². The van der Waals surface area contributed by atoms with Gasteiger partial charge in [-0.15, -0.1) is 0 Å². The summed E-state index contributed by atoms with van der Waals surface area (Å²) in [6.07, 6.45) is 1.66. The van der Waals surface area contributed by atoms with Crippen molar-refractivity contribution < 1.29 is 9.59 Å². The first-order valence-corrected chi connectivity index (χ1v) is 5.36. The van der Waals surface area contributed by atoms with Crippen LogP contribution >= 0.6 is 0 Å². The minimum atomic E-state index is -1.35. The highest BCUT2D eigenvalue weighted by atomic mass is 16.2. The van der Waals surface area contributed by atoms with Gasteiger partial charge in [-0.3, -0.25) is 15.1 Å². The van der Waals surface area contributed by atoms with E-state index in [9.17, 15) is 9.59 Å². The molecule has 6 heteroatoms. The highest BCUT2D eigenvalue weighted by Gasteiger charge is 2.43. The molecule has 2 heterocycles. The standard InChI is InChI=1S/C12H12N4O2/c1-8-9(3-2-6-14-8)4-5-12(7-13)10(17)15-11(18)16-12/h2-3,6H,7,13H2,1H3,(H2,15,16,17,18). The summed E-state index contributed by atoms with van der Waals surface area (Å²) in [5.41, 5.74) is 5.63. The summed E-state index contributed by atoms with van der Waals surface area (Å²) >= 11 is 0. The Morgan fingerprint density at radius 2 is 2.28 bits per heavy atom. The summed E-state index contributed by atoms with van der Waals surface area (Å²) in [6, 6.07) is 2.95. The van der Waals surface area contributed by atoms with Gasteiger partial charge in [0.15, 0.2) is 5.54 Å². The van der Waals surface area contributed by atoms with Gasteiger partial charge >= 0.3 is 6.03 Å². The predicted octanol–water partition coefficient (Wildman–Crippen LogP) is -0.722. The molecule has 0 saturated carbocycles. The van der Waals surface area contributed by atoms with Crippen LogP contribution in [0, 0.1) is 18.8 Å². The molecule has 2 rings (SSSR count). The predicted molar refractivity (Wildman–Crippen MR) is 64.3 cm³/mol. The van der Waals surface area contributed by atoms with Crippen LogP contribution in [-0.4, -0.2) is 29.0 Å². The molecule has 1 aliphatic heterocycles. The second kappa shape index (κ2) is 4.47. The molecule has 0 spiro atoms. The first-order valence-electron chi connectivity index (χ1n) is 5.36. The molecule has 6 nitrogen and oxygen atoms in total. The van der Waals surface area contributed by atoms with E-state index in [2.05, 4.69) is 27.5 Å². The van der Waals surface area contributed by atoms with Crippen molar-refractivity contribution in [1.82, 2.24) is 15.6 Å². The van der Waals surface area contributed by atoms with E-state index < -0.39 is 17.5 Å². The van der Waals surface area contributed by atoms with Gasteiger partial charge in [0.2, 0.25) is 0 Å². The largest absolute Gasteiger partial charge is 0.327 e. The molecule has 1 fully saturated rings. The molecule has 0 aromatic carbocycles. The number of hydrogen-bond donors (Lipinski definition) is 3. The molecule has 4 N–H and O–H groups in total. The molecule has 1 aromatic rings. The van der Waals surface area contributed by atoms with Crippen molar-refractivity contribution in [1.29, 1.82) is 0 Å². The number of imide groups is 1. The third kappa shape index (κ3) is 2.04. The third-order valence-electron chi connectivity index (χ3n) is 2.67. The van der Waals surface area contributed by atoms with E-state index in [4.69, 9.17) is 5.73 Å². The van der Waals surface area contributed by atoms with Crippen molar-refractivity contribution in [2.24, 2.45) is 5.73 Å². The van der Waals surface area contributed by atoms with Crippen LogP contribution < -0.4 is 16.4 Å². The number of carbonyl (C=O) groups excluding carboxylic acids is 2. The smallest absolute Gasteiger partial charge is 0.323 e. The van der Waals surface area contributed by atoms with E-state index in [-0.39, 0.29) is 6.54 Å². The summed E-state index contributed by atoms with van der Waals surface area (Å²) in [5.74, 6) is 5.03. The lowest BCUT2D eigenvalue weighted by Crippen LogP contribution is -2.51. The number of hydrogen-bond acceptors (Lipinski definition) is 4. The minimum absolute atomic E-state index is 0.0864. The Morgan fingerprint density at radius 3 is 2.83 bits per heavy atom. The summed E-state index contributed by atoms with van der Waals surface area (Å²) in [4.78, 5) is 26.9. The molecule has 92 valence electrons. The fraction of sp³-hybridized carbons (Fsp3) is 0.250. The monoisotopic (exact) mass is 244 g/mol. The fourth-order valence-corrected chi connectivity index (χ4v) is 1.56. The number of urea groups is 1. The average Bonchev–Trinajstić information content (AvgIpc) is 2.64. The van der Waals surface area contributed by atoms with E-state index in [1.807, 2.05) is 6.92 Å².